The zero-order valence-electron chi connectivity index (χ0n) is 11.4. The third-order valence-electron chi connectivity index (χ3n) is 3.00. The fourth-order valence-electron chi connectivity index (χ4n) is 1.91. The first-order chi connectivity index (χ1) is 10.2. The molecule has 2 aromatic carbocycles. The van der Waals surface area contributed by atoms with Crippen LogP contribution in [0.15, 0.2) is 60.7 Å². The third-order valence-corrected chi connectivity index (χ3v) is 3.00. The highest BCUT2D eigenvalue weighted by atomic mass is 16.4. The van der Waals surface area contributed by atoms with Crippen LogP contribution in [0, 0.1) is 0 Å². The fourth-order valence-corrected chi connectivity index (χ4v) is 1.91. The number of amides is 1. The lowest BCUT2D eigenvalue weighted by molar-refractivity contribution is -0.116. The zero-order valence-corrected chi connectivity index (χ0v) is 11.4. The molecule has 0 aliphatic rings. The molecule has 0 fully saturated rings. The molecule has 4 nitrogen and oxygen atoms in total. The van der Waals surface area contributed by atoms with Gasteiger partial charge in [0.05, 0.1) is 0 Å². The Morgan fingerprint density at radius 2 is 1.71 bits per heavy atom. The Bertz CT molecular complexity index is 626. The van der Waals surface area contributed by atoms with Crippen molar-refractivity contribution in [1.82, 2.24) is 5.32 Å². The minimum absolute atomic E-state index is 0.235. The van der Waals surface area contributed by atoms with Crippen LogP contribution in [0.5, 0.6) is 0 Å². The molecule has 0 spiro atoms. The van der Waals surface area contributed by atoms with Crippen molar-refractivity contribution in [1.29, 1.82) is 0 Å². The Balaban J connectivity index is 1.96. The summed E-state index contributed by atoms with van der Waals surface area (Å²) in [6, 6.07) is 16.4. The average molecular weight is 281 g/mol. The smallest absolute Gasteiger partial charge is 0.423 e. The number of carbonyl (C=O) groups excluding carboxylic acids is 1. The Kier molecular flexibility index (Phi) is 5.32. The van der Waals surface area contributed by atoms with Crippen molar-refractivity contribution in [3.05, 3.63) is 71.8 Å². The van der Waals surface area contributed by atoms with Gasteiger partial charge in [-0.2, -0.15) is 0 Å². The topological polar surface area (TPSA) is 69.6 Å². The van der Waals surface area contributed by atoms with Gasteiger partial charge >= 0.3 is 7.12 Å². The minimum atomic E-state index is -1.56. The van der Waals surface area contributed by atoms with E-state index >= 15 is 0 Å². The first kappa shape index (κ1) is 15.0. The number of carbonyl (C=O) groups is 1. The van der Waals surface area contributed by atoms with E-state index in [0.717, 1.165) is 5.56 Å². The first-order valence-electron chi connectivity index (χ1n) is 6.62. The summed E-state index contributed by atoms with van der Waals surface area (Å²) in [5.41, 5.74) is 1.98. The number of benzene rings is 2. The first-order valence-corrected chi connectivity index (χ1v) is 6.62. The molecule has 106 valence electrons. The van der Waals surface area contributed by atoms with Gasteiger partial charge in [0.2, 0.25) is 5.91 Å². The Morgan fingerprint density at radius 1 is 1.05 bits per heavy atom. The second-order valence-electron chi connectivity index (χ2n) is 4.54. The van der Waals surface area contributed by atoms with E-state index in [-0.39, 0.29) is 5.91 Å². The van der Waals surface area contributed by atoms with Crippen LogP contribution in [0.3, 0.4) is 0 Å². The molecule has 0 saturated heterocycles. The van der Waals surface area contributed by atoms with Crippen molar-refractivity contribution in [2.45, 2.75) is 6.54 Å². The van der Waals surface area contributed by atoms with E-state index in [1.165, 1.54) is 6.08 Å². The van der Waals surface area contributed by atoms with Crippen molar-refractivity contribution in [3.63, 3.8) is 0 Å². The van der Waals surface area contributed by atoms with Gasteiger partial charge in [-0.25, -0.2) is 0 Å². The zero-order chi connectivity index (χ0) is 15.1. The quantitative estimate of drug-likeness (QED) is 0.558. The molecule has 5 heteroatoms. The summed E-state index contributed by atoms with van der Waals surface area (Å²) in [7, 11) is -1.56. The van der Waals surface area contributed by atoms with Crippen molar-refractivity contribution in [2.24, 2.45) is 0 Å². The highest BCUT2D eigenvalue weighted by Gasteiger charge is 2.13. The van der Waals surface area contributed by atoms with Crippen LogP contribution in [0.25, 0.3) is 6.08 Å². The van der Waals surface area contributed by atoms with Gasteiger partial charge < -0.3 is 15.4 Å². The number of nitrogens with one attached hydrogen (secondary N) is 1. The SMILES string of the molecule is O=C(C=Cc1ccccc1B(O)O)NCc1ccccc1. The summed E-state index contributed by atoms with van der Waals surface area (Å²) in [5.74, 6) is -0.235. The van der Waals surface area contributed by atoms with Crippen molar-refractivity contribution in [2.75, 3.05) is 0 Å². The van der Waals surface area contributed by atoms with E-state index in [0.29, 0.717) is 17.6 Å². The predicted octanol–water partition coefficient (Wildman–Crippen LogP) is 0.696. The van der Waals surface area contributed by atoms with Crippen LogP contribution >= 0.6 is 0 Å². The molecule has 0 unspecified atom stereocenters. The molecule has 0 aliphatic heterocycles. The summed E-state index contributed by atoms with van der Waals surface area (Å²) < 4.78 is 0. The van der Waals surface area contributed by atoms with E-state index in [1.54, 1.807) is 30.3 Å². The van der Waals surface area contributed by atoms with Gasteiger partial charge in [-0.3, -0.25) is 4.79 Å². The molecule has 0 aromatic heterocycles. The van der Waals surface area contributed by atoms with E-state index < -0.39 is 7.12 Å². The number of hydrogen-bond acceptors (Lipinski definition) is 3. The maximum atomic E-state index is 11.7. The Hall–Kier alpha value is -2.37. The Labute approximate surface area is 123 Å². The van der Waals surface area contributed by atoms with E-state index in [2.05, 4.69) is 5.32 Å². The molecule has 0 bridgehead atoms. The van der Waals surface area contributed by atoms with E-state index in [4.69, 9.17) is 0 Å². The summed E-state index contributed by atoms with van der Waals surface area (Å²) in [6.45, 7) is 0.453. The molecule has 0 atom stereocenters. The van der Waals surface area contributed by atoms with E-state index in [1.807, 2.05) is 30.3 Å². The molecule has 0 saturated carbocycles. The molecule has 0 heterocycles. The molecular formula is C16H16BNO3. The van der Waals surface area contributed by atoms with Crippen molar-refractivity contribution in [3.8, 4) is 0 Å². The van der Waals surface area contributed by atoms with Gasteiger partial charge in [0.1, 0.15) is 0 Å². The van der Waals surface area contributed by atoms with Crippen LogP contribution in [-0.4, -0.2) is 23.1 Å². The van der Waals surface area contributed by atoms with Gasteiger partial charge in [-0.05, 0) is 22.7 Å². The number of hydrogen-bond donors (Lipinski definition) is 3. The van der Waals surface area contributed by atoms with Crippen LogP contribution < -0.4 is 10.8 Å². The lowest BCUT2D eigenvalue weighted by atomic mass is 9.77. The monoisotopic (exact) mass is 281 g/mol. The molecule has 3 N–H and O–H groups in total. The van der Waals surface area contributed by atoms with Crippen molar-refractivity contribution < 1.29 is 14.8 Å². The molecule has 0 radical (unpaired) electrons. The second kappa shape index (κ2) is 7.43. The lowest BCUT2D eigenvalue weighted by Crippen LogP contribution is -2.31. The average Bonchev–Trinajstić information content (AvgIpc) is 2.52. The van der Waals surface area contributed by atoms with Crippen molar-refractivity contribution >= 4 is 24.6 Å². The summed E-state index contributed by atoms with van der Waals surface area (Å²) in [6.07, 6.45) is 2.94. The molecule has 2 aromatic rings. The minimum Gasteiger partial charge on any atom is -0.423 e. The third kappa shape index (κ3) is 4.59. The normalized spacial score (nSPS) is 10.6. The Morgan fingerprint density at radius 3 is 2.43 bits per heavy atom. The summed E-state index contributed by atoms with van der Waals surface area (Å²) in [5, 5.41) is 21.3. The highest BCUT2D eigenvalue weighted by molar-refractivity contribution is 6.59. The van der Waals surface area contributed by atoms with Gasteiger partial charge in [0.15, 0.2) is 0 Å². The maximum Gasteiger partial charge on any atom is 0.489 e. The largest absolute Gasteiger partial charge is 0.489 e. The molecule has 0 aliphatic carbocycles. The summed E-state index contributed by atoms with van der Waals surface area (Å²) in [4.78, 5) is 11.7. The van der Waals surface area contributed by atoms with Gasteiger partial charge in [-0.15, -0.1) is 0 Å². The molecular weight excluding hydrogens is 265 g/mol. The second-order valence-corrected chi connectivity index (χ2v) is 4.54. The molecule has 2 rings (SSSR count). The van der Waals surface area contributed by atoms with Gasteiger partial charge in [-0.1, -0.05) is 54.6 Å². The van der Waals surface area contributed by atoms with Crippen LogP contribution in [0.4, 0.5) is 0 Å². The summed E-state index contributed by atoms with van der Waals surface area (Å²) >= 11 is 0. The highest BCUT2D eigenvalue weighted by Crippen LogP contribution is 2.01. The van der Waals surface area contributed by atoms with Crippen LogP contribution in [0.1, 0.15) is 11.1 Å². The van der Waals surface area contributed by atoms with Gasteiger partial charge in [0, 0.05) is 12.6 Å². The van der Waals surface area contributed by atoms with Gasteiger partial charge in [0.25, 0.3) is 0 Å². The standard InChI is InChI=1S/C16H16BNO3/c19-16(18-12-13-6-2-1-3-7-13)11-10-14-8-4-5-9-15(14)17(20)21/h1-11,20-21H,12H2,(H,18,19). The lowest BCUT2D eigenvalue weighted by Gasteiger charge is -2.04. The number of rotatable bonds is 5. The predicted molar refractivity (Wildman–Crippen MR) is 83.6 cm³/mol. The van der Waals surface area contributed by atoms with Crippen LogP contribution in [0.2, 0.25) is 0 Å². The van der Waals surface area contributed by atoms with Crippen LogP contribution in [-0.2, 0) is 11.3 Å². The molecule has 1 amide bonds. The fraction of sp³-hybridized carbons (Fsp3) is 0.0625. The molecule has 21 heavy (non-hydrogen) atoms. The maximum absolute atomic E-state index is 11.7. The van der Waals surface area contributed by atoms with E-state index in [9.17, 15) is 14.8 Å².